The van der Waals surface area contributed by atoms with E-state index in [4.69, 9.17) is 0 Å². The van der Waals surface area contributed by atoms with Gasteiger partial charge in [0.1, 0.15) is 0 Å². The van der Waals surface area contributed by atoms with Gasteiger partial charge in [-0.1, -0.05) is 70.4 Å². The van der Waals surface area contributed by atoms with E-state index in [1.807, 2.05) is 30.3 Å². The average molecular weight is 286 g/mol. The Kier molecular flexibility index (Phi) is 5.61. The van der Waals surface area contributed by atoms with E-state index in [-0.39, 0.29) is 0 Å². The second-order valence-electron chi connectivity index (χ2n) is 7.33. The fourth-order valence-corrected chi connectivity index (χ4v) is 3.87. The maximum atomic E-state index is 12.6. The molecule has 3 atom stereocenters. The Morgan fingerprint density at radius 2 is 2.00 bits per heavy atom. The molecule has 2 rings (SSSR count). The summed E-state index contributed by atoms with van der Waals surface area (Å²) < 4.78 is 0. The third kappa shape index (κ3) is 4.18. The van der Waals surface area contributed by atoms with Gasteiger partial charge >= 0.3 is 0 Å². The molecular formula is C20H30O. The quantitative estimate of drug-likeness (QED) is 0.596. The molecule has 3 unspecified atom stereocenters. The lowest BCUT2D eigenvalue weighted by Gasteiger charge is -2.44. The van der Waals surface area contributed by atoms with Crippen molar-refractivity contribution in [1.82, 2.24) is 0 Å². The Bertz CT molecular complexity index is 446. The molecule has 0 heterocycles. The van der Waals surface area contributed by atoms with Crippen molar-refractivity contribution in [3.8, 4) is 0 Å². The summed E-state index contributed by atoms with van der Waals surface area (Å²) in [5.74, 6) is 1.66. The molecule has 0 aliphatic heterocycles. The smallest absolute Gasteiger partial charge is 0.163 e. The highest BCUT2D eigenvalue weighted by Crippen LogP contribution is 2.48. The highest BCUT2D eigenvalue weighted by atomic mass is 16.1. The van der Waals surface area contributed by atoms with Crippen molar-refractivity contribution in [2.45, 2.75) is 65.7 Å². The Balaban J connectivity index is 2.08. The van der Waals surface area contributed by atoms with E-state index in [9.17, 15) is 4.79 Å². The minimum absolute atomic E-state index is 0.331. The predicted octanol–water partition coefficient (Wildman–Crippen LogP) is 5.89. The summed E-state index contributed by atoms with van der Waals surface area (Å²) in [5.41, 5.74) is 1.25. The maximum absolute atomic E-state index is 12.6. The standard InChI is InChI=1S/C20H30O/c1-4-5-12-20(3)13-11-16(2)14-18(20)15-19(21)17-9-7-6-8-10-17/h6-10,16,18H,4-5,11-15H2,1-3H3. The molecule has 0 radical (unpaired) electrons. The van der Waals surface area contributed by atoms with Gasteiger partial charge in [0.15, 0.2) is 5.78 Å². The van der Waals surface area contributed by atoms with E-state index in [2.05, 4.69) is 20.8 Å². The topological polar surface area (TPSA) is 17.1 Å². The number of Topliss-reactive ketones (excluding diaryl/α,β-unsaturated/α-hetero) is 1. The monoisotopic (exact) mass is 286 g/mol. The van der Waals surface area contributed by atoms with Crippen LogP contribution >= 0.6 is 0 Å². The Labute approximate surface area is 130 Å². The highest BCUT2D eigenvalue weighted by molar-refractivity contribution is 5.96. The third-order valence-corrected chi connectivity index (χ3v) is 5.51. The van der Waals surface area contributed by atoms with Gasteiger partial charge in [-0.05, 0) is 36.5 Å². The summed E-state index contributed by atoms with van der Waals surface area (Å²) in [6.07, 6.45) is 8.40. The lowest BCUT2D eigenvalue weighted by atomic mass is 9.61. The molecule has 21 heavy (non-hydrogen) atoms. The Hall–Kier alpha value is -1.11. The van der Waals surface area contributed by atoms with Crippen LogP contribution < -0.4 is 0 Å². The molecule has 1 aromatic carbocycles. The first-order chi connectivity index (χ1) is 10.0. The van der Waals surface area contributed by atoms with Gasteiger partial charge in [-0.15, -0.1) is 0 Å². The van der Waals surface area contributed by atoms with Crippen molar-refractivity contribution in [3.63, 3.8) is 0 Å². The molecule has 1 heteroatoms. The molecule has 0 saturated heterocycles. The van der Waals surface area contributed by atoms with Crippen molar-refractivity contribution in [2.75, 3.05) is 0 Å². The molecule has 0 bridgehead atoms. The largest absolute Gasteiger partial charge is 0.294 e. The molecular weight excluding hydrogens is 256 g/mol. The number of ketones is 1. The third-order valence-electron chi connectivity index (χ3n) is 5.51. The zero-order valence-corrected chi connectivity index (χ0v) is 13.9. The van der Waals surface area contributed by atoms with E-state index in [0.29, 0.717) is 17.1 Å². The van der Waals surface area contributed by atoms with E-state index >= 15 is 0 Å². The molecule has 1 fully saturated rings. The van der Waals surface area contributed by atoms with Gasteiger partial charge in [-0.2, -0.15) is 0 Å². The van der Waals surface area contributed by atoms with Crippen molar-refractivity contribution in [2.24, 2.45) is 17.3 Å². The van der Waals surface area contributed by atoms with Crippen molar-refractivity contribution in [3.05, 3.63) is 35.9 Å². The summed E-state index contributed by atoms with van der Waals surface area (Å²) in [6, 6.07) is 9.82. The number of hydrogen-bond acceptors (Lipinski definition) is 1. The van der Waals surface area contributed by atoms with Crippen LogP contribution in [0.5, 0.6) is 0 Å². The molecule has 0 N–H and O–H groups in total. The molecule has 1 nitrogen and oxygen atoms in total. The van der Waals surface area contributed by atoms with E-state index < -0.39 is 0 Å². The SMILES string of the molecule is CCCCC1(C)CCC(C)CC1CC(=O)c1ccccc1. The van der Waals surface area contributed by atoms with E-state index in [0.717, 1.165) is 17.9 Å². The highest BCUT2D eigenvalue weighted by Gasteiger charge is 2.39. The van der Waals surface area contributed by atoms with Crippen LogP contribution in [0.2, 0.25) is 0 Å². The number of benzene rings is 1. The average Bonchev–Trinajstić information content (AvgIpc) is 2.50. The predicted molar refractivity (Wildman–Crippen MR) is 89.5 cm³/mol. The number of rotatable bonds is 6. The van der Waals surface area contributed by atoms with Gasteiger partial charge in [0.05, 0.1) is 0 Å². The summed E-state index contributed by atoms with van der Waals surface area (Å²) in [4.78, 5) is 12.6. The van der Waals surface area contributed by atoms with Crippen LogP contribution in [-0.2, 0) is 0 Å². The number of unbranched alkanes of at least 4 members (excludes halogenated alkanes) is 1. The van der Waals surface area contributed by atoms with Crippen LogP contribution in [0.25, 0.3) is 0 Å². The molecule has 0 amide bonds. The first-order valence-corrected chi connectivity index (χ1v) is 8.63. The van der Waals surface area contributed by atoms with Crippen molar-refractivity contribution < 1.29 is 4.79 Å². The van der Waals surface area contributed by atoms with Gasteiger partial charge in [-0.25, -0.2) is 0 Å². The number of hydrogen-bond donors (Lipinski definition) is 0. The molecule has 1 saturated carbocycles. The Morgan fingerprint density at radius 1 is 1.29 bits per heavy atom. The normalized spacial score (nSPS) is 29.3. The van der Waals surface area contributed by atoms with Gasteiger partial charge < -0.3 is 0 Å². The lowest BCUT2D eigenvalue weighted by Crippen LogP contribution is -2.35. The first kappa shape index (κ1) is 16.3. The van der Waals surface area contributed by atoms with Crippen LogP contribution in [-0.4, -0.2) is 5.78 Å². The fraction of sp³-hybridized carbons (Fsp3) is 0.650. The minimum Gasteiger partial charge on any atom is -0.294 e. The second-order valence-corrected chi connectivity index (χ2v) is 7.33. The summed E-state index contributed by atoms with van der Waals surface area (Å²) in [5, 5.41) is 0. The lowest BCUT2D eigenvalue weighted by molar-refractivity contribution is 0.0581. The molecule has 1 aliphatic rings. The minimum atomic E-state index is 0.331. The van der Waals surface area contributed by atoms with E-state index in [1.165, 1.54) is 38.5 Å². The molecule has 1 aromatic rings. The number of carbonyl (C=O) groups excluding carboxylic acids is 1. The van der Waals surface area contributed by atoms with E-state index in [1.54, 1.807) is 0 Å². The van der Waals surface area contributed by atoms with Crippen LogP contribution in [0.1, 0.15) is 76.1 Å². The molecule has 1 aliphatic carbocycles. The summed E-state index contributed by atoms with van der Waals surface area (Å²) in [7, 11) is 0. The molecule has 0 spiro atoms. The maximum Gasteiger partial charge on any atom is 0.163 e. The summed E-state index contributed by atoms with van der Waals surface area (Å²) >= 11 is 0. The van der Waals surface area contributed by atoms with Gasteiger partial charge in [-0.3, -0.25) is 4.79 Å². The van der Waals surface area contributed by atoms with Crippen LogP contribution in [0.15, 0.2) is 30.3 Å². The zero-order valence-electron chi connectivity index (χ0n) is 13.9. The zero-order chi connectivity index (χ0) is 15.3. The van der Waals surface area contributed by atoms with Crippen LogP contribution in [0.4, 0.5) is 0 Å². The molecule has 116 valence electrons. The summed E-state index contributed by atoms with van der Waals surface area (Å²) in [6.45, 7) is 7.04. The molecule has 0 aromatic heterocycles. The van der Waals surface area contributed by atoms with Gasteiger partial charge in [0.25, 0.3) is 0 Å². The second kappa shape index (κ2) is 7.24. The fourth-order valence-electron chi connectivity index (χ4n) is 3.87. The number of carbonyl (C=O) groups is 1. The first-order valence-electron chi connectivity index (χ1n) is 8.63. The van der Waals surface area contributed by atoms with Gasteiger partial charge in [0, 0.05) is 12.0 Å². The van der Waals surface area contributed by atoms with Crippen LogP contribution in [0, 0.1) is 17.3 Å². The van der Waals surface area contributed by atoms with Crippen molar-refractivity contribution >= 4 is 5.78 Å². The Morgan fingerprint density at radius 3 is 2.67 bits per heavy atom. The van der Waals surface area contributed by atoms with Crippen LogP contribution in [0.3, 0.4) is 0 Å². The van der Waals surface area contributed by atoms with Gasteiger partial charge in [0.2, 0.25) is 0 Å². The van der Waals surface area contributed by atoms with Crippen molar-refractivity contribution in [1.29, 1.82) is 0 Å².